The standard InChI is InChI=1S/C10H12BrN3O3/c1-6(12-2)10(15)13-7-3-4-9(14(16)17)8(11)5-7/h3-6,12H,1-2H3,(H,13,15). The molecular weight excluding hydrogens is 290 g/mol. The molecule has 1 unspecified atom stereocenters. The van der Waals surface area contributed by atoms with Gasteiger partial charge in [-0.1, -0.05) is 0 Å². The van der Waals surface area contributed by atoms with Gasteiger partial charge in [0.1, 0.15) is 0 Å². The van der Waals surface area contributed by atoms with Crippen molar-refractivity contribution < 1.29 is 9.72 Å². The molecule has 0 aliphatic rings. The van der Waals surface area contributed by atoms with Crippen LogP contribution in [0.2, 0.25) is 0 Å². The van der Waals surface area contributed by atoms with Crippen LogP contribution < -0.4 is 10.6 Å². The Kier molecular flexibility index (Phi) is 4.59. The number of hydrogen-bond donors (Lipinski definition) is 2. The van der Waals surface area contributed by atoms with Gasteiger partial charge >= 0.3 is 0 Å². The van der Waals surface area contributed by atoms with Crippen molar-refractivity contribution >= 4 is 33.2 Å². The molecule has 1 atom stereocenters. The number of anilines is 1. The van der Waals surface area contributed by atoms with E-state index in [4.69, 9.17) is 0 Å². The smallest absolute Gasteiger partial charge is 0.283 e. The van der Waals surface area contributed by atoms with E-state index in [0.717, 1.165) is 0 Å². The molecule has 2 N–H and O–H groups in total. The van der Waals surface area contributed by atoms with E-state index in [1.807, 2.05) is 0 Å². The number of rotatable bonds is 4. The Morgan fingerprint density at radius 2 is 2.18 bits per heavy atom. The second-order valence-electron chi connectivity index (χ2n) is 3.42. The van der Waals surface area contributed by atoms with Crippen LogP contribution in [0.5, 0.6) is 0 Å². The van der Waals surface area contributed by atoms with E-state index in [1.165, 1.54) is 18.2 Å². The molecule has 0 radical (unpaired) electrons. The zero-order valence-corrected chi connectivity index (χ0v) is 10.9. The lowest BCUT2D eigenvalue weighted by molar-refractivity contribution is -0.385. The number of nitrogens with zero attached hydrogens (tertiary/aromatic N) is 1. The van der Waals surface area contributed by atoms with E-state index in [9.17, 15) is 14.9 Å². The third-order valence-corrected chi connectivity index (χ3v) is 2.87. The second kappa shape index (κ2) is 5.74. The summed E-state index contributed by atoms with van der Waals surface area (Å²) < 4.78 is 0.331. The predicted molar refractivity (Wildman–Crippen MR) is 67.9 cm³/mol. The van der Waals surface area contributed by atoms with Gasteiger partial charge < -0.3 is 10.6 Å². The van der Waals surface area contributed by atoms with Crippen LogP contribution in [0.1, 0.15) is 6.92 Å². The van der Waals surface area contributed by atoms with Crippen LogP contribution in [-0.4, -0.2) is 23.9 Å². The lowest BCUT2D eigenvalue weighted by Gasteiger charge is -2.11. The molecular formula is C10H12BrN3O3. The summed E-state index contributed by atoms with van der Waals surface area (Å²) in [5, 5.41) is 16.0. The number of nitrogens with one attached hydrogen (secondary N) is 2. The molecule has 0 aromatic heterocycles. The molecule has 92 valence electrons. The van der Waals surface area contributed by atoms with Crippen LogP contribution in [0, 0.1) is 10.1 Å². The monoisotopic (exact) mass is 301 g/mol. The summed E-state index contributed by atoms with van der Waals surface area (Å²) >= 11 is 3.08. The fourth-order valence-electron chi connectivity index (χ4n) is 1.11. The summed E-state index contributed by atoms with van der Waals surface area (Å²) in [6.45, 7) is 1.72. The number of hydrogen-bond acceptors (Lipinski definition) is 4. The van der Waals surface area contributed by atoms with Crippen molar-refractivity contribution in [2.45, 2.75) is 13.0 Å². The fraction of sp³-hybridized carbons (Fsp3) is 0.300. The quantitative estimate of drug-likeness (QED) is 0.657. The Labute approximate surface area is 107 Å². The van der Waals surface area contributed by atoms with Gasteiger partial charge in [0.05, 0.1) is 15.4 Å². The molecule has 0 saturated carbocycles. The Bertz CT molecular complexity index is 450. The van der Waals surface area contributed by atoms with Crippen LogP contribution in [0.4, 0.5) is 11.4 Å². The maximum atomic E-state index is 11.6. The van der Waals surface area contributed by atoms with Gasteiger partial charge in [0.15, 0.2) is 0 Å². The van der Waals surface area contributed by atoms with E-state index >= 15 is 0 Å². The fourth-order valence-corrected chi connectivity index (χ4v) is 1.64. The van der Waals surface area contributed by atoms with Crippen LogP contribution in [-0.2, 0) is 4.79 Å². The predicted octanol–water partition coefficient (Wildman–Crippen LogP) is 1.90. The highest BCUT2D eigenvalue weighted by Crippen LogP contribution is 2.27. The van der Waals surface area contributed by atoms with Gasteiger partial charge in [0, 0.05) is 11.8 Å². The topological polar surface area (TPSA) is 84.3 Å². The number of carbonyl (C=O) groups excluding carboxylic acids is 1. The Balaban J connectivity index is 2.84. The zero-order valence-electron chi connectivity index (χ0n) is 9.36. The van der Waals surface area contributed by atoms with E-state index < -0.39 is 4.92 Å². The van der Waals surface area contributed by atoms with E-state index in [0.29, 0.717) is 10.2 Å². The number of nitro groups is 1. The third kappa shape index (κ3) is 3.50. The first-order valence-electron chi connectivity index (χ1n) is 4.87. The molecule has 7 heteroatoms. The first kappa shape index (κ1) is 13.6. The molecule has 6 nitrogen and oxygen atoms in total. The molecule has 0 spiro atoms. The molecule has 0 saturated heterocycles. The normalized spacial score (nSPS) is 11.9. The molecule has 1 aromatic carbocycles. The van der Waals surface area contributed by atoms with E-state index in [-0.39, 0.29) is 17.6 Å². The van der Waals surface area contributed by atoms with E-state index in [1.54, 1.807) is 14.0 Å². The molecule has 1 rings (SSSR count). The van der Waals surface area contributed by atoms with Gasteiger partial charge in [-0.15, -0.1) is 0 Å². The Morgan fingerprint density at radius 3 is 2.65 bits per heavy atom. The number of carbonyl (C=O) groups is 1. The van der Waals surface area contributed by atoms with Gasteiger partial charge in [0.2, 0.25) is 5.91 Å². The lowest BCUT2D eigenvalue weighted by Crippen LogP contribution is -2.35. The average Bonchev–Trinajstić information content (AvgIpc) is 2.27. The van der Waals surface area contributed by atoms with Crippen LogP contribution in [0.15, 0.2) is 22.7 Å². The number of benzene rings is 1. The summed E-state index contributed by atoms with van der Waals surface area (Å²) in [6, 6.07) is 4.00. The average molecular weight is 302 g/mol. The van der Waals surface area contributed by atoms with Crippen LogP contribution in [0.25, 0.3) is 0 Å². The Hall–Kier alpha value is -1.47. The molecule has 0 fully saturated rings. The zero-order chi connectivity index (χ0) is 13.0. The van der Waals surface area contributed by atoms with Gasteiger partial charge in [-0.25, -0.2) is 0 Å². The van der Waals surface area contributed by atoms with Crippen LogP contribution >= 0.6 is 15.9 Å². The van der Waals surface area contributed by atoms with Crippen molar-refractivity contribution in [2.24, 2.45) is 0 Å². The number of amides is 1. The molecule has 1 aromatic rings. The summed E-state index contributed by atoms with van der Waals surface area (Å²) in [6.07, 6.45) is 0. The number of nitro benzene ring substituents is 1. The summed E-state index contributed by atoms with van der Waals surface area (Å²) in [7, 11) is 1.68. The van der Waals surface area contributed by atoms with Gasteiger partial charge in [-0.3, -0.25) is 14.9 Å². The van der Waals surface area contributed by atoms with Crippen LogP contribution in [0.3, 0.4) is 0 Å². The van der Waals surface area contributed by atoms with Crippen molar-refractivity contribution in [2.75, 3.05) is 12.4 Å². The van der Waals surface area contributed by atoms with E-state index in [2.05, 4.69) is 26.6 Å². The SMILES string of the molecule is CNC(C)C(=O)Nc1ccc([N+](=O)[O-])c(Br)c1. The van der Waals surface area contributed by atoms with Crippen molar-refractivity contribution in [3.63, 3.8) is 0 Å². The largest absolute Gasteiger partial charge is 0.325 e. The summed E-state index contributed by atoms with van der Waals surface area (Å²) in [5.41, 5.74) is 0.472. The number of halogens is 1. The molecule has 17 heavy (non-hydrogen) atoms. The van der Waals surface area contributed by atoms with Gasteiger partial charge in [-0.05, 0) is 42.0 Å². The first-order chi connectivity index (χ1) is 7.95. The molecule has 0 aliphatic heterocycles. The summed E-state index contributed by atoms with van der Waals surface area (Å²) in [5.74, 6) is -0.201. The minimum atomic E-state index is -0.494. The lowest BCUT2D eigenvalue weighted by atomic mass is 10.2. The molecule has 1 amide bonds. The van der Waals surface area contributed by atoms with Crippen molar-refractivity contribution in [1.82, 2.24) is 5.32 Å². The van der Waals surface area contributed by atoms with Crippen molar-refractivity contribution in [1.29, 1.82) is 0 Å². The summed E-state index contributed by atoms with van der Waals surface area (Å²) in [4.78, 5) is 21.6. The first-order valence-corrected chi connectivity index (χ1v) is 5.67. The highest BCUT2D eigenvalue weighted by Gasteiger charge is 2.14. The number of likely N-dealkylation sites (N-methyl/N-ethyl adjacent to an activating group) is 1. The maximum Gasteiger partial charge on any atom is 0.283 e. The van der Waals surface area contributed by atoms with Crippen molar-refractivity contribution in [3.05, 3.63) is 32.8 Å². The minimum Gasteiger partial charge on any atom is -0.325 e. The third-order valence-electron chi connectivity index (χ3n) is 2.24. The molecule has 0 bridgehead atoms. The van der Waals surface area contributed by atoms with Crippen molar-refractivity contribution in [3.8, 4) is 0 Å². The Morgan fingerprint density at radius 1 is 1.53 bits per heavy atom. The van der Waals surface area contributed by atoms with Gasteiger partial charge in [-0.2, -0.15) is 0 Å². The molecule has 0 heterocycles. The highest BCUT2D eigenvalue weighted by atomic mass is 79.9. The second-order valence-corrected chi connectivity index (χ2v) is 4.28. The highest BCUT2D eigenvalue weighted by molar-refractivity contribution is 9.10. The molecule has 0 aliphatic carbocycles. The minimum absolute atomic E-state index is 0.0373. The maximum absolute atomic E-state index is 11.6. The van der Waals surface area contributed by atoms with Gasteiger partial charge in [0.25, 0.3) is 5.69 Å².